The first kappa shape index (κ1) is 47.9. The fraction of sp³-hybridized carbons (Fsp3) is 0.667. The van der Waals surface area contributed by atoms with Gasteiger partial charge in [-0.15, -0.1) is 0 Å². The standard InChI is InChI=1S/C27H33N7O7.C12H25N3O5/c28-32-30-20-13-21(31-33-29)25(24(37)23(20)36)41-26-22(35)12-11-19(40-26)15-34(14-17-7-3-1-4-8-17)27(38)39-16-18-9-5-2-6-10-18;13-4-5-1-2-8(16)12(19-5)20-11-7(15)3-6(14)9(17)10(11)18/h1-10,19-26,35-37H,11-16H2;5-12,16-18H,1-4,13-15H2/t19-,20+,21-,22+,23-,24+,25+,26+;5-,6+,7-,8+,9-,10+,11+,12+/m00/s1. The van der Waals surface area contributed by atoms with Crippen molar-refractivity contribution in [1.82, 2.24) is 4.90 Å². The number of aliphatic hydroxyl groups is 6. The van der Waals surface area contributed by atoms with E-state index in [9.17, 15) is 35.4 Å². The summed E-state index contributed by atoms with van der Waals surface area (Å²) >= 11 is 0. The van der Waals surface area contributed by atoms with Crippen LogP contribution in [0.3, 0.4) is 0 Å². The zero-order chi connectivity index (χ0) is 44.1. The van der Waals surface area contributed by atoms with Gasteiger partial charge in [-0.25, -0.2) is 4.79 Å². The SMILES string of the molecule is NC[C@@H]1CC[C@@H](O)[C@@H](O[C@H]2[C@H](O)[C@@H](O)[C@H](N)C[C@@H]2N)O1.[N-]=[N+]=N[C@H]1C[C@@H](N=[N+]=[N-])[C@H](O)[C@@H](O)[C@@H]1O[C@H]1O[C@H](CN(Cc2ccccc2)C(=O)OCc2ccccc2)CC[C@H]1O. The quantitative estimate of drug-likeness (QED) is 0.0754. The number of carbonyl (C=O) groups excluding carboxylic acids is 1. The van der Waals surface area contributed by atoms with Crippen LogP contribution in [-0.4, -0.2) is 153 Å². The monoisotopic (exact) mass is 858 g/mol. The summed E-state index contributed by atoms with van der Waals surface area (Å²) in [5.74, 6) is 0. The topological polar surface area (TPSA) is 363 Å². The minimum absolute atomic E-state index is 0.0681. The Hall–Kier alpha value is -4.19. The van der Waals surface area contributed by atoms with E-state index in [2.05, 4.69) is 20.1 Å². The molecule has 0 bridgehead atoms. The van der Waals surface area contributed by atoms with Crippen LogP contribution >= 0.6 is 0 Å². The number of ether oxygens (including phenoxy) is 5. The van der Waals surface area contributed by atoms with E-state index in [1.54, 1.807) is 0 Å². The van der Waals surface area contributed by atoms with E-state index in [0.29, 0.717) is 32.2 Å². The molecule has 6 rings (SSSR count). The van der Waals surface area contributed by atoms with E-state index in [-0.39, 0.29) is 38.6 Å². The van der Waals surface area contributed by atoms with Gasteiger partial charge >= 0.3 is 6.09 Å². The maximum absolute atomic E-state index is 13.2. The molecule has 22 nitrogen and oxygen atoms in total. The van der Waals surface area contributed by atoms with Gasteiger partial charge in [-0.3, -0.25) is 0 Å². The number of benzene rings is 2. The van der Waals surface area contributed by atoms with E-state index in [0.717, 1.165) is 11.1 Å². The first-order valence-electron chi connectivity index (χ1n) is 20.3. The van der Waals surface area contributed by atoms with Gasteiger partial charge in [-0.1, -0.05) is 70.9 Å². The highest BCUT2D eigenvalue weighted by Gasteiger charge is 2.47. The molecule has 2 aromatic carbocycles. The van der Waals surface area contributed by atoms with Crippen molar-refractivity contribution < 1.29 is 59.1 Å². The Bertz CT molecular complexity index is 1750. The highest BCUT2D eigenvalue weighted by Crippen LogP contribution is 2.32. The average molecular weight is 859 g/mol. The first-order chi connectivity index (χ1) is 29.3. The largest absolute Gasteiger partial charge is 0.445 e. The highest BCUT2D eigenvalue weighted by atomic mass is 16.7. The molecule has 4 aliphatic rings. The lowest BCUT2D eigenvalue weighted by molar-refractivity contribution is -0.280. The molecule has 16 atom stereocenters. The van der Waals surface area contributed by atoms with Gasteiger partial charge in [0, 0.05) is 35.0 Å². The number of amides is 1. The van der Waals surface area contributed by atoms with Crippen LogP contribution in [0.4, 0.5) is 4.79 Å². The molecule has 22 heteroatoms. The summed E-state index contributed by atoms with van der Waals surface area (Å²) in [5.41, 5.74) is 36.7. The average Bonchev–Trinajstić information content (AvgIpc) is 3.26. The van der Waals surface area contributed by atoms with E-state index in [4.69, 9.17) is 51.9 Å². The predicted molar refractivity (Wildman–Crippen MR) is 215 cm³/mol. The second kappa shape index (κ2) is 23.3. The number of rotatable bonds is 13. The lowest BCUT2D eigenvalue weighted by Gasteiger charge is -2.43. The van der Waals surface area contributed by atoms with Crippen LogP contribution in [0.2, 0.25) is 0 Å². The molecule has 1 amide bonds. The molecule has 61 heavy (non-hydrogen) atoms. The zero-order valence-electron chi connectivity index (χ0n) is 33.6. The van der Waals surface area contributed by atoms with Crippen LogP contribution < -0.4 is 17.2 Å². The van der Waals surface area contributed by atoms with E-state index in [1.807, 2.05) is 60.7 Å². The Kier molecular flexibility index (Phi) is 18.3. The summed E-state index contributed by atoms with van der Waals surface area (Å²) in [6, 6.07) is 15.6. The third kappa shape index (κ3) is 13.2. The molecule has 0 aromatic heterocycles. The second-order valence-electron chi connectivity index (χ2n) is 15.7. The van der Waals surface area contributed by atoms with Crippen molar-refractivity contribution in [3.8, 4) is 0 Å². The van der Waals surface area contributed by atoms with E-state index < -0.39 is 97.8 Å². The molecule has 2 aromatic rings. The summed E-state index contributed by atoms with van der Waals surface area (Å²) in [7, 11) is 0. The van der Waals surface area contributed by atoms with Gasteiger partial charge in [0.2, 0.25) is 0 Å². The Morgan fingerprint density at radius 3 is 1.85 bits per heavy atom. The summed E-state index contributed by atoms with van der Waals surface area (Å²) in [4.78, 5) is 20.1. The molecular weight excluding hydrogens is 800 g/mol. The lowest BCUT2D eigenvalue weighted by atomic mass is 9.84. The molecule has 2 heterocycles. The van der Waals surface area contributed by atoms with E-state index in [1.165, 1.54) is 4.90 Å². The van der Waals surface area contributed by atoms with Crippen LogP contribution in [0.5, 0.6) is 0 Å². The van der Waals surface area contributed by atoms with Gasteiger partial charge in [0.1, 0.15) is 37.1 Å². The number of aliphatic hydroxyl groups excluding tert-OH is 6. The molecule has 0 unspecified atom stereocenters. The van der Waals surface area contributed by atoms with Crippen LogP contribution in [0.25, 0.3) is 20.9 Å². The minimum Gasteiger partial charge on any atom is -0.445 e. The van der Waals surface area contributed by atoms with Gasteiger partial charge in [-0.2, -0.15) is 0 Å². The maximum atomic E-state index is 13.2. The molecule has 336 valence electrons. The van der Waals surface area contributed by atoms with Crippen LogP contribution in [0.1, 0.15) is 49.7 Å². The second-order valence-corrected chi connectivity index (χ2v) is 15.7. The number of nitrogens with two attached hydrogens (primary N) is 3. The highest BCUT2D eigenvalue weighted by molar-refractivity contribution is 5.67. The normalized spacial score (nSPS) is 36.2. The Morgan fingerprint density at radius 2 is 1.25 bits per heavy atom. The maximum Gasteiger partial charge on any atom is 0.410 e. The van der Waals surface area contributed by atoms with Crippen LogP contribution in [0, 0.1) is 0 Å². The fourth-order valence-corrected chi connectivity index (χ4v) is 7.78. The zero-order valence-corrected chi connectivity index (χ0v) is 33.6. The van der Waals surface area contributed by atoms with Gasteiger partial charge < -0.3 is 76.4 Å². The van der Waals surface area contributed by atoms with Crippen molar-refractivity contribution in [2.45, 2.75) is 149 Å². The van der Waals surface area contributed by atoms with Crippen LogP contribution in [-0.2, 0) is 36.8 Å². The van der Waals surface area contributed by atoms with Crippen molar-refractivity contribution in [3.63, 3.8) is 0 Å². The molecule has 2 aliphatic carbocycles. The first-order valence-corrected chi connectivity index (χ1v) is 20.3. The molecule has 2 saturated heterocycles. The molecule has 12 N–H and O–H groups in total. The molecule has 0 radical (unpaired) electrons. The third-order valence-corrected chi connectivity index (χ3v) is 11.2. The number of hydrogen-bond donors (Lipinski definition) is 9. The third-order valence-electron chi connectivity index (χ3n) is 11.2. The number of carbonyl (C=O) groups is 1. The van der Waals surface area contributed by atoms with Crippen molar-refractivity contribution in [2.24, 2.45) is 27.4 Å². The number of azide groups is 2. The molecule has 2 aliphatic heterocycles. The summed E-state index contributed by atoms with van der Waals surface area (Å²) in [5, 5.41) is 68.6. The van der Waals surface area contributed by atoms with Gasteiger partial charge in [0.15, 0.2) is 12.6 Å². The summed E-state index contributed by atoms with van der Waals surface area (Å²) < 4.78 is 28.6. The predicted octanol–water partition coefficient (Wildman–Crippen LogP) is 0.536. The number of hydrogen-bond acceptors (Lipinski definition) is 17. The molecular formula is C39H58N10O12. The lowest BCUT2D eigenvalue weighted by Crippen LogP contribution is -2.63. The van der Waals surface area contributed by atoms with Gasteiger partial charge in [-0.05, 0) is 60.7 Å². The van der Waals surface area contributed by atoms with Gasteiger partial charge in [0.25, 0.3) is 0 Å². The van der Waals surface area contributed by atoms with Crippen molar-refractivity contribution >= 4 is 6.09 Å². The molecule has 0 spiro atoms. The smallest absolute Gasteiger partial charge is 0.410 e. The van der Waals surface area contributed by atoms with Crippen LogP contribution in [0.15, 0.2) is 70.9 Å². The molecule has 4 fully saturated rings. The van der Waals surface area contributed by atoms with Gasteiger partial charge in [0.05, 0.1) is 49.1 Å². The van der Waals surface area contributed by atoms with Crippen molar-refractivity contribution in [2.75, 3.05) is 13.1 Å². The van der Waals surface area contributed by atoms with Crippen molar-refractivity contribution in [3.05, 3.63) is 92.7 Å². The Morgan fingerprint density at radius 1 is 0.705 bits per heavy atom. The van der Waals surface area contributed by atoms with E-state index >= 15 is 0 Å². The Balaban J connectivity index is 0.000000294. The molecule has 2 saturated carbocycles. The summed E-state index contributed by atoms with van der Waals surface area (Å²) in [6.07, 6.45) is -10.6. The van der Waals surface area contributed by atoms with Crippen molar-refractivity contribution in [1.29, 1.82) is 0 Å². The Labute approximate surface area is 352 Å². The summed E-state index contributed by atoms with van der Waals surface area (Å²) in [6.45, 7) is 0.819. The fourth-order valence-electron chi connectivity index (χ4n) is 7.78. The minimum atomic E-state index is -1.58. The number of nitrogens with zero attached hydrogens (tertiary/aromatic N) is 7.